The number of halogens is 6. The van der Waals surface area contributed by atoms with Gasteiger partial charge in [0.1, 0.15) is 5.41 Å². The fourth-order valence-corrected chi connectivity index (χ4v) is 1.46. The van der Waals surface area contributed by atoms with Gasteiger partial charge in [-0.05, 0) is 12.3 Å². The van der Waals surface area contributed by atoms with Crippen molar-refractivity contribution in [1.82, 2.24) is 0 Å². The number of alkyl halides is 6. The molecule has 0 saturated carbocycles. The van der Waals surface area contributed by atoms with Gasteiger partial charge in [0, 0.05) is 12.8 Å². The molecule has 102 valence electrons. The minimum absolute atomic E-state index is 0.955. The summed E-state index contributed by atoms with van der Waals surface area (Å²) in [5, 5.41) is 17.5. The third kappa shape index (κ3) is 5.26. The van der Waals surface area contributed by atoms with Crippen LogP contribution in [0, 0.1) is 34.0 Å². The third-order valence-electron chi connectivity index (χ3n) is 2.58. The Bertz CT molecular complexity index is 343. The van der Waals surface area contributed by atoms with Crippen LogP contribution in [-0.4, -0.2) is 12.4 Å². The van der Waals surface area contributed by atoms with E-state index in [9.17, 15) is 26.3 Å². The molecule has 0 fully saturated rings. The van der Waals surface area contributed by atoms with Gasteiger partial charge in [-0.2, -0.15) is 36.9 Å². The van der Waals surface area contributed by atoms with E-state index in [2.05, 4.69) is 0 Å². The van der Waals surface area contributed by atoms with E-state index in [1.54, 1.807) is 0 Å². The Labute approximate surface area is 99.8 Å². The summed E-state index contributed by atoms with van der Waals surface area (Å²) < 4.78 is 72.5. The Balaban J connectivity index is 4.95. The predicted octanol–water partition coefficient (Wildman–Crippen LogP) is 3.95. The number of hydrogen-bond donors (Lipinski definition) is 0. The second kappa shape index (κ2) is 5.47. The maximum atomic E-state index is 12.1. The molecule has 0 aliphatic carbocycles. The average Bonchev–Trinajstić information content (AvgIpc) is 2.15. The van der Waals surface area contributed by atoms with Gasteiger partial charge in [0.05, 0.1) is 12.1 Å². The minimum atomic E-state index is -4.63. The Morgan fingerprint density at radius 2 is 1.33 bits per heavy atom. The van der Waals surface area contributed by atoms with Crippen molar-refractivity contribution in [3.05, 3.63) is 0 Å². The highest BCUT2D eigenvalue weighted by atomic mass is 19.4. The summed E-state index contributed by atoms with van der Waals surface area (Å²) in [4.78, 5) is 0. The molecule has 0 amide bonds. The largest absolute Gasteiger partial charge is 0.389 e. The van der Waals surface area contributed by atoms with Crippen LogP contribution in [0.5, 0.6) is 0 Å². The van der Waals surface area contributed by atoms with E-state index in [0.29, 0.717) is 0 Å². The van der Waals surface area contributed by atoms with E-state index in [4.69, 9.17) is 10.5 Å². The first kappa shape index (κ1) is 16.6. The molecule has 8 heteroatoms. The summed E-state index contributed by atoms with van der Waals surface area (Å²) in [6, 6.07) is 2.60. The van der Waals surface area contributed by atoms with Gasteiger partial charge in [-0.1, -0.05) is 6.92 Å². The summed E-state index contributed by atoms with van der Waals surface area (Å²) in [7, 11) is 0. The summed E-state index contributed by atoms with van der Waals surface area (Å²) in [5.74, 6) is -1.52. The molecule has 0 spiro atoms. The molecule has 0 aliphatic heterocycles. The molecular formula is C10H10F6N2. The molecule has 0 aliphatic rings. The maximum absolute atomic E-state index is 12.1. The highest BCUT2D eigenvalue weighted by Crippen LogP contribution is 2.40. The lowest BCUT2D eigenvalue weighted by Crippen LogP contribution is -2.31. The molecular weight excluding hydrogens is 262 g/mol. The zero-order valence-electron chi connectivity index (χ0n) is 9.36. The molecule has 0 bridgehead atoms. The number of nitrogens with zero attached hydrogens (tertiary/aromatic N) is 2. The van der Waals surface area contributed by atoms with Crippen LogP contribution in [0.15, 0.2) is 0 Å². The molecule has 0 saturated heterocycles. The van der Waals surface area contributed by atoms with Crippen molar-refractivity contribution in [2.45, 2.75) is 38.5 Å². The van der Waals surface area contributed by atoms with Crippen molar-refractivity contribution in [3.63, 3.8) is 0 Å². The molecule has 0 N–H and O–H groups in total. The highest BCUT2D eigenvalue weighted by molar-refractivity contribution is 5.16. The topological polar surface area (TPSA) is 47.6 Å². The van der Waals surface area contributed by atoms with E-state index >= 15 is 0 Å². The Morgan fingerprint density at radius 1 is 0.889 bits per heavy atom. The van der Waals surface area contributed by atoms with Gasteiger partial charge in [0.15, 0.2) is 0 Å². The van der Waals surface area contributed by atoms with Crippen LogP contribution in [0.3, 0.4) is 0 Å². The minimum Gasteiger partial charge on any atom is -0.197 e. The summed E-state index contributed by atoms with van der Waals surface area (Å²) in [5.41, 5.74) is -2.27. The molecule has 0 rings (SSSR count). The fourth-order valence-electron chi connectivity index (χ4n) is 1.46. The molecule has 0 heterocycles. The lowest BCUT2D eigenvalue weighted by Gasteiger charge is -2.27. The van der Waals surface area contributed by atoms with Gasteiger partial charge in [-0.25, -0.2) is 0 Å². The first-order chi connectivity index (χ1) is 7.96. The van der Waals surface area contributed by atoms with Gasteiger partial charge in [-0.15, -0.1) is 0 Å². The molecule has 18 heavy (non-hydrogen) atoms. The summed E-state index contributed by atoms with van der Waals surface area (Å²) in [6.45, 7) is 0.955. The summed E-state index contributed by atoms with van der Waals surface area (Å²) >= 11 is 0. The Hall–Kier alpha value is -1.44. The molecule has 1 unspecified atom stereocenters. The SMILES string of the molecule is CC(CC(F)(F)F)C(C#N)(C#N)CCC(F)(F)F. The van der Waals surface area contributed by atoms with Gasteiger partial charge < -0.3 is 0 Å². The second-order valence-electron chi connectivity index (χ2n) is 4.03. The van der Waals surface area contributed by atoms with Crippen LogP contribution in [0.1, 0.15) is 26.2 Å². The van der Waals surface area contributed by atoms with Crippen molar-refractivity contribution < 1.29 is 26.3 Å². The van der Waals surface area contributed by atoms with E-state index in [1.807, 2.05) is 0 Å². The van der Waals surface area contributed by atoms with Crippen molar-refractivity contribution >= 4 is 0 Å². The molecule has 0 aromatic heterocycles. The van der Waals surface area contributed by atoms with E-state index in [0.717, 1.165) is 6.92 Å². The lowest BCUT2D eigenvalue weighted by molar-refractivity contribution is -0.153. The third-order valence-corrected chi connectivity index (χ3v) is 2.58. The first-order valence-electron chi connectivity index (χ1n) is 4.92. The molecule has 2 nitrogen and oxygen atoms in total. The molecule has 1 atom stereocenters. The molecule has 0 radical (unpaired) electrons. The van der Waals surface area contributed by atoms with E-state index in [1.165, 1.54) is 12.1 Å². The lowest BCUT2D eigenvalue weighted by atomic mass is 9.73. The van der Waals surface area contributed by atoms with Crippen molar-refractivity contribution in [2.24, 2.45) is 11.3 Å². The zero-order chi connectivity index (χ0) is 14.6. The van der Waals surface area contributed by atoms with E-state index < -0.39 is 42.9 Å². The van der Waals surface area contributed by atoms with Crippen LogP contribution in [0.4, 0.5) is 26.3 Å². The highest BCUT2D eigenvalue weighted by Gasteiger charge is 2.45. The van der Waals surface area contributed by atoms with Gasteiger partial charge >= 0.3 is 12.4 Å². The quantitative estimate of drug-likeness (QED) is 0.727. The van der Waals surface area contributed by atoms with Gasteiger partial charge in [0.2, 0.25) is 0 Å². The second-order valence-corrected chi connectivity index (χ2v) is 4.03. The van der Waals surface area contributed by atoms with Crippen molar-refractivity contribution in [2.75, 3.05) is 0 Å². The van der Waals surface area contributed by atoms with Crippen molar-refractivity contribution in [1.29, 1.82) is 10.5 Å². The van der Waals surface area contributed by atoms with Crippen LogP contribution in [-0.2, 0) is 0 Å². The molecule has 0 aromatic carbocycles. The smallest absolute Gasteiger partial charge is 0.197 e. The fraction of sp³-hybridized carbons (Fsp3) is 0.800. The molecule has 0 aromatic rings. The van der Waals surface area contributed by atoms with Gasteiger partial charge in [0.25, 0.3) is 0 Å². The van der Waals surface area contributed by atoms with Crippen LogP contribution in [0.25, 0.3) is 0 Å². The monoisotopic (exact) mass is 272 g/mol. The number of rotatable bonds is 4. The normalized spacial score (nSPS) is 14.7. The number of hydrogen-bond acceptors (Lipinski definition) is 2. The predicted molar refractivity (Wildman–Crippen MR) is 48.8 cm³/mol. The van der Waals surface area contributed by atoms with Crippen LogP contribution >= 0.6 is 0 Å². The van der Waals surface area contributed by atoms with Crippen LogP contribution in [0.2, 0.25) is 0 Å². The maximum Gasteiger partial charge on any atom is 0.389 e. The van der Waals surface area contributed by atoms with E-state index in [-0.39, 0.29) is 0 Å². The summed E-state index contributed by atoms with van der Waals surface area (Å²) in [6.07, 6.45) is -13.1. The standard InChI is InChI=1S/C10H10F6N2/c1-7(4-10(14,15)16)8(5-17,6-18)2-3-9(11,12)13/h7H,2-4H2,1H3. The zero-order valence-corrected chi connectivity index (χ0v) is 9.36. The Kier molecular flexibility index (Phi) is 5.03. The average molecular weight is 272 g/mol. The number of nitriles is 2. The Morgan fingerprint density at radius 3 is 1.61 bits per heavy atom. The van der Waals surface area contributed by atoms with Crippen molar-refractivity contribution in [3.8, 4) is 12.1 Å². The van der Waals surface area contributed by atoms with Gasteiger partial charge in [-0.3, -0.25) is 0 Å². The van der Waals surface area contributed by atoms with Crippen LogP contribution < -0.4 is 0 Å². The first-order valence-corrected chi connectivity index (χ1v) is 4.92.